The van der Waals surface area contributed by atoms with Crippen LogP contribution in [0.2, 0.25) is 0 Å². The summed E-state index contributed by atoms with van der Waals surface area (Å²) < 4.78 is 27.3. The molecular weight excluding hydrogens is 386 g/mol. The summed E-state index contributed by atoms with van der Waals surface area (Å²) in [4.78, 5) is 16.8. The maximum atomic E-state index is 13.0. The van der Waals surface area contributed by atoms with Crippen LogP contribution in [0.5, 0.6) is 0 Å². The van der Waals surface area contributed by atoms with Gasteiger partial charge in [-0.3, -0.25) is 4.79 Å². The number of carbonyl (C=O) groups is 1. The fraction of sp³-hybridized carbons (Fsp3) is 0.682. The average molecular weight is 421 g/mol. The second kappa shape index (κ2) is 8.74. The molecule has 0 aromatic heterocycles. The lowest BCUT2D eigenvalue weighted by atomic mass is 9.78. The summed E-state index contributed by atoms with van der Waals surface area (Å²) in [6.45, 7) is 5.70. The Hall–Kier alpha value is -1.44. The highest BCUT2D eigenvalue weighted by atomic mass is 32.2. The third kappa shape index (κ3) is 4.52. The smallest absolute Gasteiger partial charge is 0.278 e. The lowest BCUT2D eigenvalue weighted by Gasteiger charge is -2.44. The zero-order valence-electron chi connectivity index (χ0n) is 17.5. The Bertz CT molecular complexity index is 814. The highest BCUT2D eigenvalue weighted by molar-refractivity contribution is 7.89. The van der Waals surface area contributed by atoms with Gasteiger partial charge in [-0.15, -0.1) is 0 Å². The number of fused-ring (bicyclic) bond motifs is 1. The van der Waals surface area contributed by atoms with Crippen molar-refractivity contribution in [2.75, 3.05) is 39.3 Å². The Labute approximate surface area is 174 Å². The molecule has 7 heteroatoms. The molecular formula is C22H34N3O3S+. The van der Waals surface area contributed by atoms with Crippen LogP contribution in [0.4, 0.5) is 0 Å². The predicted octanol–water partition coefficient (Wildman–Crippen LogP) is 1.07. The van der Waals surface area contributed by atoms with Crippen molar-refractivity contribution in [3.8, 4) is 0 Å². The molecule has 2 saturated heterocycles. The SMILES string of the molecule is Cc1ccc(S(=O)(=O)N2CC[NH+](CC(=O)N3CCC[C@H]4CCCC[C@H]43)CC2)cc1. The minimum atomic E-state index is -3.44. The summed E-state index contributed by atoms with van der Waals surface area (Å²) >= 11 is 0. The van der Waals surface area contributed by atoms with Crippen LogP contribution in [-0.2, 0) is 14.8 Å². The summed E-state index contributed by atoms with van der Waals surface area (Å²) in [5, 5.41) is 0. The monoisotopic (exact) mass is 420 g/mol. The number of quaternary nitrogens is 1. The standard InChI is InChI=1S/C22H33N3O3S/c1-18-8-10-20(11-9-18)29(27,28)24-15-13-23(14-16-24)17-22(26)25-12-4-6-19-5-2-3-7-21(19)25/h8-11,19,21H,2-7,12-17H2,1H3/p+1/t19-,21-/m1/s1. The topological polar surface area (TPSA) is 62.1 Å². The van der Waals surface area contributed by atoms with Crippen LogP contribution in [0, 0.1) is 12.8 Å². The van der Waals surface area contributed by atoms with E-state index >= 15 is 0 Å². The summed E-state index contributed by atoms with van der Waals surface area (Å²) in [6, 6.07) is 7.50. The Kier molecular flexibility index (Phi) is 6.27. The van der Waals surface area contributed by atoms with Crippen molar-refractivity contribution in [2.24, 2.45) is 5.92 Å². The lowest BCUT2D eigenvalue weighted by molar-refractivity contribution is -0.896. The van der Waals surface area contributed by atoms with Crippen molar-refractivity contribution >= 4 is 15.9 Å². The molecule has 0 spiro atoms. The van der Waals surface area contributed by atoms with E-state index in [0.717, 1.165) is 24.9 Å². The number of rotatable bonds is 4. The van der Waals surface area contributed by atoms with Crippen molar-refractivity contribution in [2.45, 2.75) is 56.4 Å². The number of sulfonamides is 1. The van der Waals surface area contributed by atoms with Gasteiger partial charge in [0.05, 0.1) is 31.1 Å². The zero-order chi connectivity index (χ0) is 20.4. The number of piperidine rings is 1. The van der Waals surface area contributed by atoms with E-state index in [0.29, 0.717) is 49.6 Å². The minimum absolute atomic E-state index is 0.270. The van der Waals surface area contributed by atoms with Crippen LogP contribution in [0.1, 0.15) is 44.1 Å². The number of nitrogens with one attached hydrogen (secondary N) is 1. The average Bonchev–Trinajstić information content (AvgIpc) is 2.74. The van der Waals surface area contributed by atoms with E-state index in [4.69, 9.17) is 0 Å². The van der Waals surface area contributed by atoms with E-state index in [1.807, 2.05) is 19.1 Å². The second-order valence-corrected chi connectivity index (χ2v) is 10.9. The lowest BCUT2D eigenvalue weighted by Crippen LogP contribution is -3.15. The largest absolute Gasteiger partial charge is 0.335 e. The van der Waals surface area contributed by atoms with Crippen LogP contribution in [0.15, 0.2) is 29.2 Å². The molecule has 6 nitrogen and oxygen atoms in total. The van der Waals surface area contributed by atoms with E-state index in [1.54, 1.807) is 16.4 Å². The summed E-state index contributed by atoms with van der Waals surface area (Å²) in [5.41, 5.74) is 1.05. The molecule has 3 aliphatic rings. The Balaban J connectivity index is 1.32. The number of likely N-dealkylation sites (tertiary alicyclic amines) is 1. The van der Waals surface area contributed by atoms with Crippen LogP contribution in [0.25, 0.3) is 0 Å². The van der Waals surface area contributed by atoms with E-state index in [2.05, 4.69) is 4.90 Å². The fourth-order valence-electron chi connectivity index (χ4n) is 5.33. The van der Waals surface area contributed by atoms with E-state index in [1.165, 1.54) is 30.6 Å². The molecule has 0 radical (unpaired) electrons. The Morgan fingerprint density at radius 3 is 2.38 bits per heavy atom. The van der Waals surface area contributed by atoms with Crippen LogP contribution in [0.3, 0.4) is 0 Å². The summed E-state index contributed by atoms with van der Waals surface area (Å²) in [6.07, 6.45) is 7.39. The number of amides is 1. The first-order valence-corrected chi connectivity index (χ1v) is 12.6. The summed E-state index contributed by atoms with van der Waals surface area (Å²) in [5.74, 6) is 0.972. The minimum Gasteiger partial charge on any atom is -0.335 e. The molecule has 0 bridgehead atoms. The molecule has 1 aliphatic carbocycles. The second-order valence-electron chi connectivity index (χ2n) is 8.99. The van der Waals surface area contributed by atoms with Crippen molar-refractivity contribution < 1.29 is 18.1 Å². The maximum Gasteiger partial charge on any atom is 0.278 e. The molecule has 2 atom stereocenters. The zero-order valence-corrected chi connectivity index (χ0v) is 18.3. The third-order valence-electron chi connectivity index (χ3n) is 7.05. The molecule has 1 aromatic rings. The van der Waals surface area contributed by atoms with E-state index in [9.17, 15) is 13.2 Å². The maximum absolute atomic E-state index is 13.0. The summed E-state index contributed by atoms with van der Waals surface area (Å²) in [7, 11) is -3.44. The molecule has 29 heavy (non-hydrogen) atoms. The van der Waals surface area contributed by atoms with Gasteiger partial charge in [0.2, 0.25) is 10.0 Å². The van der Waals surface area contributed by atoms with Crippen molar-refractivity contribution in [1.82, 2.24) is 9.21 Å². The number of nitrogens with zero attached hydrogens (tertiary/aromatic N) is 2. The van der Waals surface area contributed by atoms with Gasteiger partial charge in [0, 0.05) is 12.6 Å². The van der Waals surface area contributed by atoms with Gasteiger partial charge < -0.3 is 9.80 Å². The Morgan fingerprint density at radius 2 is 1.66 bits per heavy atom. The molecule has 2 aliphatic heterocycles. The first kappa shape index (κ1) is 20.8. The molecule has 1 N–H and O–H groups in total. The van der Waals surface area contributed by atoms with Crippen LogP contribution in [-0.4, -0.2) is 68.8 Å². The van der Waals surface area contributed by atoms with Gasteiger partial charge in [0.25, 0.3) is 5.91 Å². The number of aryl methyl sites for hydroxylation is 1. The van der Waals surface area contributed by atoms with E-state index < -0.39 is 10.0 Å². The first-order valence-electron chi connectivity index (χ1n) is 11.1. The number of hydrogen-bond donors (Lipinski definition) is 1. The highest BCUT2D eigenvalue weighted by Gasteiger charge is 2.37. The normalized spacial score (nSPS) is 26.9. The first-order chi connectivity index (χ1) is 13.9. The third-order valence-corrected chi connectivity index (χ3v) is 8.97. The van der Waals surface area contributed by atoms with Gasteiger partial charge in [0.1, 0.15) is 0 Å². The molecule has 0 unspecified atom stereocenters. The van der Waals surface area contributed by atoms with Gasteiger partial charge in [0.15, 0.2) is 6.54 Å². The number of carbonyl (C=O) groups excluding carboxylic acids is 1. The number of piperazine rings is 1. The van der Waals surface area contributed by atoms with Gasteiger partial charge in [-0.25, -0.2) is 8.42 Å². The van der Waals surface area contributed by atoms with Crippen molar-refractivity contribution in [3.63, 3.8) is 0 Å². The molecule has 1 saturated carbocycles. The van der Waals surface area contributed by atoms with Crippen molar-refractivity contribution in [3.05, 3.63) is 29.8 Å². The van der Waals surface area contributed by atoms with Gasteiger partial charge >= 0.3 is 0 Å². The molecule has 160 valence electrons. The van der Waals surface area contributed by atoms with Gasteiger partial charge in [-0.2, -0.15) is 4.31 Å². The number of benzene rings is 1. The molecule has 3 fully saturated rings. The van der Waals surface area contributed by atoms with Crippen LogP contribution < -0.4 is 4.90 Å². The van der Waals surface area contributed by atoms with Gasteiger partial charge in [-0.05, 0) is 50.7 Å². The quantitative estimate of drug-likeness (QED) is 0.793. The fourth-order valence-corrected chi connectivity index (χ4v) is 6.77. The Morgan fingerprint density at radius 1 is 1.00 bits per heavy atom. The molecule has 2 heterocycles. The molecule has 4 rings (SSSR count). The van der Waals surface area contributed by atoms with Crippen molar-refractivity contribution in [1.29, 1.82) is 0 Å². The molecule has 1 amide bonds. The van der Waals surface area contributed by atoms with Gasteiger partial charge in [-0.1, -0.05) is 30.5 Å². The molecule has 1 aromatic carbocycles. The highest BCUT2D eigenvalue weighted by Crippen LogP contribution is 2.35. The predicted molar refractivity (Wildman–Crippen MR) is 112 cm³/mol. The van der Waals surface area contributed by atoms with Crippen LogP contribution >= 0.6 is 0 Å². The van der Waals surface area contributed by atoms with E-state index in [-0.39, 0.29) is 5.91 Å². The number of hydrogen-bond acceptors (Lipinski definition) is 3.